The molecule has 3 saturated carbocycles. The molecule has 0 spiro atoms. The molecule has 4 N–H and O–H groups in total. The summed E-state index contributed by atoms with van der Waals surface area (Å²) in [7, 11) is -0.732. The Morgan fingerprint density at radius 1 is 1.09 bits per heavy atom. The van der Waals surface area contributed by atoms with E-state index in [4.69, 9.17) is 20.9 Å². The fourth-order valence-electron chi connectivity index (χ4n) is 9.00. The van der Waals surface area contributed by atoms with Gasteiger partial charge in [0.05, 0.1) is 34.9 Å². The van der Waals surface area contributed by atoms with Crippen LogP contribution < -0.4 is 26.8 Å². The highest BCUT2D eigenvalue weighted by Crippen LogP contribution is 2.65. The third kappa shape index (κ3) is 7.01. The first-order valence-corrected chi connectivity index (χ1v) is 18.8. The molecule has 3 aromatic rings. The maximum absolute atomic E-state index is 14.3. The lowest BCUT2D eigenvalue weighted by Gasteiger charge is -2.64. The molecule has 1 saturated heterocycles. The molecule has 4 fully saturated rings. The van der Waals surface area contributed by atoms with Crippen molar-refractivity contribution in [3.63, 3.8) is 0 Å². The van der Waals surface area contributed by atoms with Gasteiger partial charge in [-0.1, -0.05) is 44.5 Å². The van der Waals surface area contributed by atoms with Gasteiger partial charge < -0.3 is 25.3 Å². The first-order valence-electron chi connectivity index (χ1n) is 18.4. The van der Waals surface area contributed by atoms with Crippen molar-refractivity contribution in [3.8, 4) is 0 Å². The smallest absolute Gasteiger partial charge is 0.404 e. The summed E-state index contributed by atoms with van der Waals surface area (Å²) in [4.78, 5) is 59.1. The quantitative estimate of drug-likeness (QED) is 0.193. The van der Waals surface area contributed by atoms with E-state index < -0.39 is 65.4 Å². The van der Waals surface area contributed by atoms with Gasteiger partial charge in [0.2, 0.25) is 5.91 Å². The average Bonchev–Trinajstić information content (AvgIpc) is 3.64. The third-order valence-electron chi connectivity index (χ3n) is 12.2. The van der Waals surface area contributed by atoms with Gasteiger partial charge in [-0.25, -0.2) is 9.78 Å². The zero-order valence-corrected chi connectivity index (χ0v) is 31.8. The molecule has 17 heteroatoms. The normalized spacial score (nSPS) is 28.0. The molecule has 292 valence electrons. The Morgan fingerprint density at radius 2 is 1.82 bits per heavy atom. The van der Waals surface area contributed by atoms with Gasteiger partial charge in [-0.15, -0.1) is 0 Å². The van der Waals surface area contributed by atoms with Gasteiger partial charge in [0.25, 0.3) is 11.5 Å². The standard InChI is InChI=1S/C38H43BClF3N6O6/c1-6-29(39-54-28-16-23-15-27(35(23,2)3)37(28,5)55-39)46-31(51)26-17-36(4,48-34(53)47-30(50)21-10-12-24(40)13-11-21)33-45-19-25(32(52)49(26)33)44-18-20-8-7-9-22(14-20)38(41,42)43/h7-14,19,23,26-29,44H,6,15-18H2,1-5H3,(H,46,51)(H2,47,48,50,53)/t23-,26-,27-,28+,29-,36+,37-/m0/s1. The van der Waals surface area contributed by atoms with Crippen molar-refractivity contribution in [1.82, 2.24) is 25.5 Å². The summed E-state index contributed by atoms with van der Waals surface area (Å²) in [5.41, 5.74) is -2.97. The van der Waals surface area contributed by atoms with E-state index >= 15 is 0 Å². The number of imide groups is 1. The zero-order valence-electron chi connectivity index (χ0n) is 31.1. The van der Waals surface area contributed by atoms with Gasteiger partial charge in [0.15, 0.2) is 0 Å². The summed E-state index contributed by atoms with van der Waals surface area (Å²) in [5.74, 6) is -0.959. The minimum atomic E-state index is -4.55. The van der Waals surface area contributed by atoms with Crippen molar-refractivity contribution in [2.75, 3.05) is 5.32 Å². The lowest BCUT2D eigenvalue weighted by molar-refractivity contribution is -0.199. The van der Waals surface area contributed by atoms with Crippen molar-refractivity contribution in [2.24, 2.45) is 17.3 Å². The van der Waals surface area contributed by atoms with Crippen molar-refractivity contribution in [2.45, 2.75) is 102 Å². The fraction of sp³-hybridized carbons (Fsp3) is 0.500. The molecular formula is C38H43BClF3N6O6. The third-order valence-corrected chi connectivity index (χ3v) is 12.5. The van der Waals surface area contributed by atoms with Crippen LogP contribution in [0.4, 0.5) is 23.7 Å². The number of hydrogen-bond donors (Lipinski definition) is 4. The second kappa shape index (κ2) is 14.0. The molecule has 2 aliphatic heterocycles. The minimum absolute atomic E-state index is 0.0401. The highest BCUT2D eigenvalue weighted by Gasteiger charge is 2.68. The molecule has 4 amide bonds. The average molecular weight is 783 g/mol. The lowest BCUT2D eigenvalue weighted by Crippen LogP contribution is -2.65. The molecular weight excluding hydrogens is 740 g/mol. The molecule has 55 heavy (non-hydrogen) atoms. The van der Waals surface area contributed by atoms with Crippen molar-refractivity contribution in [3.05, 3.63) is 92.6 Å². The van der Waals surface area contributed by atoms with Gasteiger partial charge in [0, 0.05) is 23.6 Å². The number of benzene rings is 2. The Balaban J connectivity index is 1.14. The minimum Gasteiger partial charge on any atom is -0.404 e. The largest absolute Gasteiger partial charge is 0.481 e. The lowest BCUT2D eigenvalue weighted by atomic mass is 9.43. The first-order chi connectivity index (χ1) is 25.8. The Kier molecular flexibility index (Phi) is 9.86. The van der Waals surface area contributed by atoms with Crippen LogP contribution in [0.15, 0.2) is 59.5 Å². The van der Waals surface area contributed by atoms with E-state index in [9.17, 15) is 32.3 Å². The number of fused-ring (bicyclic) bond motifs is 1. The Labute approximate surface area is 321 Å². The van der Waals surface area contributed by atoms with E-state index in [1.165, 1.54) is 47.2 Å². The molecule has 3 aliphatic carbocycles. The Morgan fingerprint density at radius 3 is 2.49 bits per heavy atom. The number of urea groups is 1. The van der Waals surface area contributed by atoms with Crippen LogP contribution in [0.5, 0.6) is 0 Å². The molecule has 8 rings (SSSR count). The van der Waals surface area contributed by atoms with Crippen LogP contribution in [0, 0.1) is 17.3 Å². The van der Waals surface area contributed by atoms with Crippen LogP contribution in [0.25, 0.3) is 0 Å². The van der Waals surface area contributed by atoms with Gasteiger partial charge in [0.1, 0.15) is 17.6 Å². The van der Waals surface area contributed by atoms with Crippen LogP contribution in [-0.2, 0) is 32.4 Å². The van der Waals surface area contributed by atoms with E-state index in [1.807, 2.05) is 6.92 Å². The SMILES string of the molecule is CC[C@H](NC(=O)[C@@H]1C[C@@](C)(NC(=O)NC(=O)c2ccc(Cl)cc2)c2ncc(NCc3cccc(C(F)(F)F)c3)c(=O)n21)B1O[C@@H]2C[C@@H]3C[C@@H](C3(C)C)[C@]2(C)O1. The second-order valence-electron chi connectivity index (χ2n) is 16.0. The van der Waals surface area contributed by atoms with Crippen LogP contribution >= 0.6 is 11.6 Å². The Bertz CT molecular complexity index is 2080. The predicted octanol–water partition coefficient (Wildman–Crippen LogP) is 5.99. The number of hydrogen-bond acceptors (Lipinski definition) is 8. The summed E-state index contributed by atoms with van der Waals surface area (Å²) < 4.78 is 54.4. The van der Waals surface area contributed by atoms with Gasteiger partial charge in [-0.05, 0) is 92.3 Å². The Hall–Kier alpha value is -4.41. The summed E-state index contributed by atoms with van der Waals surface area (Å²) in [6.45, 7) is 9.93. The number of halogens is 4. The highest BCUT2D eigenvalue weighted by molar-refractivity contribution is 6.47. The molecule has 12 nitrogen and oxygen atoms in total. The van der Waals surface area contributed by atoms with Gasteiger partial charge in [-0.3, -0.25) is 24.3 Å². The fourth-order valence-corrected chi connectivity index (χ4v) is 9.13. The van der Waals surface area contributed by atoms with Crippen molar-refractivity contribution < 1.29 is 36.9 Å². The number of alkyl halides is 3. The van der Waals surface area contributed by atoms with E-state index in [0.717, 1.165) is 25.0 Å². The number of carbonyl (C=O) groups is 3. The number of aromatic nitrogens is 2. The molecule has 2 aromatic carbocycles. The van der Waals surface area contributed by atoms with E-state index in [2.05, 4.69) is 47.0 Å². The first kappa shape index (κ1) is 38.9. The molecule has 5 aliphatic rings. The maximum atomic E-state index is 14.3. The molecule has 3 heterocycles. The van der Waals surface area contributed by atoms with Crippen molar-refractivity contribution in [1.29, 1.82) is 0 Å². The van der Waals surface area contributed by atoms with Crippen LogP contribution in [-0.4, -0.2) is 52.2 Å². The van der Waals surface area contributed by atoms with Gasteiger partial charge >= 0.3 is 19.3 Å². The maximum Gasteiger partial charge on any atom is 0.481 e. The number of amides is 4. The molecule has 2 bridgehead atoms. The van der Waals surface area contributed by atoms with E-state index in [0.29, 0.717) is 23.3 Å². The van der Waals surface area contributed by atoms with Crippen LogP contribution in [0.2, 0.25) is 5.02 Å². The molecule has 7 atom stereocenters. The number of nitrogens with zero attached hydrogens (tertiary/aromatic N) is 2. The summed E-state index contributed by atoms with van der Waals surface area (Å²) >= 11 is 5.93. The summed E-state index contributed by atoms with van der Waals surface area (Å²) in [6.07, 6.45) is -1.21. The molecule has 0 unspecified atom stereocenters. The van der Waals surface area contributed by atoms with Crippen LogP contribution in [0.1, 0.15) is 93.7 Å². The van der Waals surface area contributed by atoms with Crippen LogP contribution in [0.3, 0.4) is 0 Å². The topological polar surface area (TPSA) is 153 Å². The van der Waals surface area contributed by atoms with E-state index in [-0.39, 0.29) is 47.1 Å². The van der Waals surface area contributed by atoms with Crippen molar-refractivity contribution >= 4 is 42.3 Å². The second-order valence-corrected chi connectivity index (χ2v) is 16.5. The number of rotatable bonds is 9. The number of anilines is 1. The molecule has 1 aromatic heterocycles. The summed E-state index contributed by atoms with van der Waals surface area (Å²) in [6, 6.07) is 8.51. The zero-order chi connectivity index (χ0) is 39.7. The number of carbonyl (C=O) groups excluding carboxylic acids is 3. The number of nitrogens with one attached hydrogen (secondary N) is 4. The highest BCUT2D eigenvalue weighted by atomic mass is 35.5. The van der Waals surface area contributed by atoms with Gasteiger partial charge in [-0.2, -0.15) is 13.2 Å². The predicted molar refractivity (Wildman–Crippen MR) is 198 cm³/mol. The monoisotopic (exact) mass is 782 g/mol. The molecule has 0 radical (unpaired) electrons. The van der Waals surface area contributed by atoms with E-state index in [1.54, 1.807) is 6.92 Å². The summed E-state index contributed by atoms with van der Waals surface area (Å²) in [5, 5.41) is 11.3.